The van der Waals surface area contributed by atoms with Gasteiger partial charge in [0, 0.05) is 43.4 Å². The Morgan fingerprint density at radius 3 is 2.93 bits per heavy atom. The zero-order valence-electron chi connectivity index (χ0n) is 16.7. The molecule has 2 aliphatic rings. The van der Waals surface area contributed by atoms with Gasteiger partial charge in [-0.2, -0.15) is 5.06 Å². The maximum atomic E-state index is 11.7. The number of aliphatic carboxylic acids is 1. The molecule has 0 fully saturated rings. The number of carboxylic acid groups (broad SMARTS) is 1. The summed E-state index contributed by atoms with van der Waals surface area (Å²) < 4.78 is 1.84. The third-order valence-electron chi connectivity index (χ3n) is 5.46. The smallest absolute Gasteiger partial charge is 0.356 e. The van der Waals surface area contributed by atoms with E-state index in [2.05, 4.69) is 29.5 Å². The minimum absolute atomic E-state index is 0.161. The number of carboxylic acids is 1. The number of rotatable bonds is 3. The summed E-state index contributed by atoms with van der Waals surface area (Å²) in [5.74, 6) is -2.06. The van der Waals surface area contributed by atoms with Gasteiger partial charge in [-0.25, -0.2) is 9.59 Å². The van der Waals surface area contributed by atoms with Crippen LogP contribution in [-0.2, 0) is 20.8 Å². The standard InChI is InChI=1S/C21H22N4O4S/c1-23-10-4-6-14-15-5-3-7-16-20(15)13(11-17(14)23)12-25(16)22-21(30)24(2)29-19(28)9-8-18(26)27/h3,5-9,12,17H,4,10-11H2,1-2H3,(H,22,30)(H,26,27)/b9-8-/t17-/m1/s1. The number of fused-ring (bicyclic) bond motifs is 2. The quantitative estimate of drug-likeness (QED) is 0.439. The number of benzene rings is 1. The highest BCUT2D eigenvalue weighted by atomic mass is 32.1. The van der Waals surface area contributed by atoms with E-state index in [0.29, 0.717) is 12.1 Å². The second-order valence-electron chi connectivity index (χ2n) is 7.37. The molecule has 1 aliphatic heterocycles. The largest absolute Gasteiger partial charge is 0.478 e. The molecule has 0 unspecified atom stereocenters. The van der Waals surface area contributed by atoms with Crippen LogP contribution in [0, 0.1) is 0 Å². The lowest BCUT2D eigenvalue weighted by atomic mass is 9.82. The molecular formula is C21H22N4O4S. The molecule has 0 saturated carbocycles. The second kappa shape index (κ2) is 7.92. The fraction of sp³-hybridized carbons (Fsp3) is 0.286. The van der Waals surface area contributed by atoms with Crippen LogP contribution in [0.3, 0.4) is 0 Å². The van der Waals surface area contributed by atoms with Crippen molar-refractivity contribution in [2.75, 3.05) is 26.1 Å². The Hall–Kier alpha value is -3.17. The molecule has 2 aromatic rings. The van der Waals surface area contributed by atoms with E-state index in [9.17, 15) is 9.59 Å². The average Bonchev–Trinajstić information content (AvgIpc) is 3.06. The summed E-state index contributed by atoms with van der Waals surface area (Å²) >= 11 is 5.35. The van der Waals surface area contributed by atoms with E-state index < -0.39 is 11.9 Å². The van der Waals surface area contributed by atoms with Crippen molar-refractivity contribution in [3.63, 3.8) is 0 Å². The normalized spacial score (nSPS) is 18.1. The van der Waals surface area contributed by atoms with E-state index in [1.54, 1.807) is 0 Å². The molecule has 0 bridgehead atoms. The zero-order valence-corrected chi connectivity index (χ0v) is 17.5. The lowest BCUT2D eigenvalue weighted by molar-refractivity contribution is -0.162. The monoisotopic (exact) mass is 426 g/mol. The number of hydrogen-bond donors (Lipinski definition) is 2. The maximum Gasteiger partial charge on any atom is 0.356 e. The molecule has 2 heterocycles. The third-order valence-corrected chi connectivity index (χ3v) is 5.81. The molecule has 0 amide bonds. The summed E-state index contributed by atoms with van der Waals surface area (Å²) in [4.78, 5) is 29.6. The van der Waals surface area contributed by atoms with E-state index in [-0.39, 0.29) is 5.11 Å². The van der Waals surface area contributed by atoms with Crippen molar-refractivity contribution in [3.8, 4) is 0 Å². The molecule has 30 heavy (non-hydrogen) atoms. The number of thiocarbonyl (C=S) groups is 1. The molecule has 2 N–H and O–H groups in total. The summed E-state index contributed by atoms with van der Waals surface area (Å²) in [7, 11) is 3.64. The third kappa shape index (κ3) is 3.69. The van der Waals surface area contributed by atoms with Gasteiger partial charge < -0.3 is 9.94 Å². The SMILES string of the molecule is CN(OC(=O)/C=C\C(=O)O)C(=S)Nn1cc2c3c(cccc31)C1=CCCN(C)[C@@H]1C2. The minimum Gasteiger partial charge on any atom is -0.478 e. The van der Waals surface area contributed by atoms with Crippen molar-refractivity contribution in [3.05, 3.63) is 53.8 Å². The van der Waals surface area contributed by atoms with Gasteiger partial charge >= 0.3 is 11.9 Å². The predicted octanol–water partition coefficient (Wildman–Crippen LogP) is 2.14. The first-order chi connectivity index (χ1) is 14.3. The zero-order chi connectivity index (χ0) is 21.4. The van der Waals surface area contributed by atoms with E-state index >= 15 is 0 Å². The van der Waals surface area contributed by atoms with Crippen LogP contribution in [0.4, 0.5) is 0 Å². The molecule has 1 atom stereocenters. The highest BCUT2D eigenvalue weighted by Gasteiger charge is 2.31. The van der Waals surface area contributed by atoms with Crippen molar-refractivity contribution in [1.29, 1.82) is 0 Å². The van der Waals surface area contributed by atoms with Crippen LogP contribution in [0.15, 0.2) is 42.6 Å². The number of carbonyl (C=O) groups is 2. The fourth-order valence-electron chi connectivity index (χ4n) is 4.09. The second-order valence-corrected chi connectivity index (χ2v) is 7.76. The van der Waals surface area contributed by atoms with Gasteiger partial charge in [0.1, 0.15) is 0 Å². The lowest BCUT2D eigenvalue weighted by Crippen LogP contribution is -2.39. The molecule has 0 saturated heterocycles. The highest BCUT2D eigenvalue weighted by molar-refractivity contribution is 7.80. The van der Waals surface area contributed by atoms with Gasteiger partial charge in [0.2, 0.25) is 5.11 Å². The predicted molar refractivity (Wildman–Crippen MR) is 117 cm³/mol. The van der Waals surface area contributed by atoms with Crippen LogP contribution in [0.5, 0.6) is 0 Å². The molecule has 1 aromatic carbocycles. The van der Waals surface area contributed by atoms with Gasteiger partial charge in [0.05, 0.1) is 5.52 Å². The number of nitrogens with zero attached hydrogens (tertiary/aromatic N) is 3. The van der Waals surface area contributed by atoms with Gasteiger partial charge in [-0.1, -0.05) is 18.2 Å². The van der Waals surface area contributed by atoms with Gasteiger partial charge in [-0.15, -0.1) is 0 Å². The Bertz CT molecular complexity index is 1100. The topological polar surface area (TPSA) is 87.0 Å². The van der Waals surface area contributed by atoms with E-state index in [1.165, 1.54) is 29.1 Å². The molecule has 9 heteroatoms. The highest BCUT2D eigenvalue weighted by Crippen LogP contribution is 2.40. The van der Waals surface area contributed by atoms with Crippen molar-refractivity contribution in [1.82, 2.24) is 14.6 Å². The Labute approximate surface area is 178 Å². The van der Waals surface area contributed by atoms with Crippen LogP contribution < -0.4 is 5.43 Å². The summed E-state index contributed by atoms with van der Waals surface area (Å²) in [6.45, 7) is 1.05. The van der Waals surface area contributed by atoms with E-state index in [4.69, 9.17) is 22.2 Å². The Balaban J connectivity index is 1.57. The Morgan fingerprint density at radius 2 is 2.17 bits per heavy atom. The summed E-state index contributed by atoms with van der Waals surface area (Å²) in [5, 5.41) is 11.0. The summed E-state index contributed by atoms with van der Waals surface area (Å²) in [6.07, 6.45) is 7.87. The molecule has 1 aliphatic carbocycles. The van der Waals surface area contributed by atoms with Crippen molar-refractivity contribution >= 4 is 45.7 Å². The van der Waals surface area contributed by atoms with Crippen LogP contribution in [0.2, 0.25) is 0 Å². The Morgan fingerprint density at radius 1 is 1.37 bits per heavy atom. The molecule has 156 valence electrons. The van der Waals surface area contributed by atoms with Crippen molar-refractivity contribution in [2.24, 2.45) is 0 Å². The van der Waals surface area contributed by atoms with Gasteiger partial charge in [-0.05, 0) is 54.9 Å². The lowest BCUT2D eigenvalue weighted by Gasteiger charge is -2.36. The van der Waals surface area contributed by atoms with Crippen molar-refractivity contribution < 1.29 is 19.5 Å². The first kappa shape index (κ1) is 20.1. The number of carbonyl (C=O) groups excluding carboxylic acids is 1. The maximum absolute atomic E-state index is 11.7. The van der Waals surface area contributed by atoms with Gasteiger partial charge in [0.25, 0.3) is 0 Å². The van der Waals surface area contributed by atoms with Gasteiger partial charge in [0.15, 0.2) is 0 Å². The first-order valence-corrected chi connectivity index (χ1v) is 9.97. The summed E-state index contributed by atoms with van der Waals surface area (Å²) in [6, 6.07) is 6.58. The number of hydrogen-bond acceptors (Lipinski definition) is 5. The van der Waals surface area contributed by atoms with Crippen LogP contribution in [0.25, 0.3) is 16.5 Å². The average molecular weight is 426 g/mol. The summed E-state index contributed by atoms with van der Waals surface area (Å²) in [5.41, 5.74) is 7.92. The molecule has 8 nitrogen and oxygen atoms in total. The molecule has 0 spiro atoms. The first-order valence-electron chi connectivity index (χ1n) is 9.56. The fourth-order valence-corrected chi connectivity index (χ4v) is 4.23. The van der Waals surface area contributed by atoms with Crippen LogP contribution >= 0.6 is 12.2 Å². The number of nitrogens with one attached hydrogen (secondary N) is 1. The molecule has 0 radical (unpaired) electrons. The van der Waals surface area contributed by atoms with E-state index in [0.717, 1.165) is 36.0 Å². The number of hydroxylamine groups is 2. The molecule has 4 rings (SSSR count). The van der Waals surface area contributed by atoms with E-state index in [1.807, 2.05) is 23.0 Å². The van der Waals surface area contributed by atoms with Gasteiger partial charge in [-0.3, -0.25) is 15.0 Å². The molecule has 1 aromatic heterocycles. The van der Waals surface area contributed by atoms with Crippen LogP contribution in [-0.4, -0.2) is 63.5 Å². The number of likely N-dealkylation sites (N-methyl/N-ethyl adjacent to an activating group) is 1. The number of aromatic nitrogens is 1. The Kier molecular flexibility index (Phi) is 5.31. The van der Waals surface area contributed by atoms with Crippen molar-refractivity contribution in [2.45, 2.75) is 18.9 Å². The van der Waals surface area contributed by atoms with Crippen LogP contribution in [0.1, 0.15) is 17.5 Å². The minimum atomic E-state index is -1.23. The molecular weight excluding hydrogens is 404 g/mol.